The average Bonchev–Trinajstić information content (AvgIpc) is 3.37. The number of ether oxygens (including phenoxy) is 1. The third-order valence-corrected chi connectivity index (χ3v) is 6.94. The van der Waals surface area contributed by atoms with Crippen molar-refractivity contribution in [3.05, 3.63) is 96.6 Å². The molecule has 8 heteroatoms. The number of fused-ring (bicyclic) bond motifs is 1. The zero-order valence-electron chi connectivity index (χ0n) is 21.4. The molecule has 2 atom stereocenters. The maximum absolute atomic E-state index is 14.0. The van der Waals surface area contributed by atoms with Crippen LogP contribution in [0.15, 0.2) is 91.0 Å². The highest BCUT2D eigenvalue weighted by atomic mass is 16.5. The van der Waals surface area contributed by atoms with Gasteiger partial charge in [-0.15, -0.1) is 5.10 Å². The predicted molar refractivity (Wildman–Crippen MR) is 146 cm³/mol. The largest absolute Gasteiger partial charge is 0.497 e. The summed E-state index contributed by atoms with van der Waals surface area (Å²) in [6.45, 7) is 0.301. The molecule has 0 saturated carbocycles. The Morgan fingerprint density at radius 2 is 1.79 bits per heavy atom. The summed E-state index contributed by atoms with van der Waals surface area (Å²) in [4.78, 5) is 29.6. The van der Waals surface area contributed by atoms with E-state index in [-0.39, 0.29) is 24.3 Å². The molecule has 1 heterocycles. The van der Waals surface area contributed by atoms with Crippen molar-refractivity contribution in [1.82, 2.24) is 19.9 Å². The lowest BCUT2D eigenvalue weighted by molar-refractivity contribution is -0.142. The molecule has 0 saturated heterocycles. The van der Waals surface area contributed by atoms with Crippen LogP contribution >= 0.6 is 0 Å². The smallest absolute Gasteiger partial charge is 0.247 e. The van der Waals surface area contributed by atoms with Gasteiger partial charge in [0, 0.05) is 12.2 Å². The third kappa shape index (κ3) is 5.75. The number of aromatic nitrogens is 3. The van der Waals surface area contributed by atoms with E-state index in [0.29, 0.717) is 18.0 Å². The lowest BCUT2D eigenvalue weighted by Gasteiger charge is -2.37. The highest BCUT2D eigenvalue weighted by molar-refractivity contribution is 5.97. The van der Waals surface area contributed by atoms with Gasteiger partial charge < -0.3 is 15.0 Å². The number of para-hydroxylation sites is 1. The van der Waals surface area contributed by atoms with E-state index in [1.807, 2.05) is 54.6 Å². The number of carbonyl (C=O) groups is 2. The van der Waals surface area contributed by atoms with Gasteiger partial charge in [-0.1, -0.05) is 59.8 Å². The second kappa shape index (κ2) is 11.7. The van der Waals surface area contributed by atoms with Crippen molar-refractivity contribution in [2.45, 2.75) is 38.4 Å². The Morgan fingerprint density at radius 3 is 2.53 bits per heavy atom. The van der Waals surface area contributed by atoms with Crippen LogP contribution in [0.25, 0.3) is 11.0 Å². The van der Waals surface area contributed by atoms with Crippen LogP contribution in [-0.4, -0.2) is 44.9 Å². The molecule has 0 spiro atoms. The van der Waals surface area contributed by atoms with Gasteiger partial charge in [0.1, 0.15) is 23.9 Å². The van der Waals surface area contributed by atoms with Crippen molar-refractivity contribution < 1.29 is 14.3 Å². The Labute approximate surface area is 221 Å². The van der Waals surface area contributed by atoms with E-state index >= 15 is 0 Å². The molecule has 2 amide bonds. The number of allylic oxidation sites excluding steroid dienone is 2. The lowest BCUT2D eigenvalue weighted by Crippen LogP contribution is -2.52. The number of nitrogens with zero attached hydrogens (tertiary/aromatic N) is 4. The first-order valence-corrected chi connectivity index (χ1v) is 12.8. The molecule has 0 unspecified atom stereocenters. The van der Waals surface area contributed by atoms with Crippen molar-refractivity contribution >= 4 is 28.5 Å². The molecule has 0 bridgehead atoms. The Morgan fingerprint density at radius 1 is 1.03 bits per heavy atom. The molecule has 194 valence electrons. The maximum atomic E-state index is 14.0. The van der Waals surface area contributed by atoms with Crippen molar-refractivity contribution in [3.63, 3.8) is 0 Å². The standard InChI is InChI=1S/C30H31N5O3/c1-38-25-18-16-24(17-19-25)31-30(37)29(23-12-6-3-7-13-23)34(20-22-10-4-2-5-11-22)28(36)21-35-27-15-9-8-14-26(27)32-33-35/h2-6,8-11,14-19,23,29H,7,12-13,20-21H2,1H3,(H,31,37)/t23-,29-/m0/s1. The van der Waals surface area contributed by atoms with Crippen LogP contribution < -0.4 is 10.1 Å². The molecule has 1 N–H and O–H groups in total. The van der Waals surface area contributed by atoms with Crippen LogP contribution in [-0.2, 0) is 22.7 Å². The van der Waals surface area contributed by atoms with Crippen LogP contribution in [0, 0.1) is 5.92 Å². The molecule has 0 fully saturated rings. The highest BCUT2D eigenvalue weighted by Crippen LogP contribution is 2.28. The second-order valence-corrected chi connectivity index (χ2v) is 9.45. The predicted octanol–water partition coefficient (Wildman–Crippen LogP) is 4.83. The number of carbonyl (C=O) groups excluding carboxylic acids is 2. The van der Waals surface area contributed by atoms with Crippen molar-refractivity contribution in [1.29, 1.82) is 0 Å². The van der Waals surface area contributed by atoms with Crippen LogP contribution in [0.4, 0.5) is 5.69 Å². The quantitative estimate of drug-likeness (QED) is 0.327. The number of nitrogens with one attached hydrogen (secondary N) is 1. The number of hydrogen-bond acceptors (Lipinski definition) is 5. The number of amides is 2. The number of benzene rings is 3. The van der Waals surface area contributed by atoms with E-state index in [9.17, 15) is 9.59 Å². The highest BCUT2D eigenvalue weighted by Gasteiger charge is 2.37. The average molecular weight is 510 g/mol. The summed E-state index contributed by atoms with van der Waals surface area (Å²) < 4.78 is 6.85. The number of methoxy groups -OCH3 is 1. The van der Waals surface area contributed by atoms with Gasteiger partial charge in [0.25, 0.3) is 0 Å². The fourth-order valence-electron chi connectivity index (χ4n) is 4.98. The molecule has 3 aromatic carbocycles. The van der Waals surface area contributed by atoms with Crippen molar-refractivity contribution in [2.24, 2.45) is 5.92 Å². The van der Waals surface area contributed by atoms with Crippen LogP contribution in [0.1, 0.15) is 24.8 Å². The fourth-order valence-corrected chi connectivity index (χ4v) is 4.98. The molecule has 5 rings (SSSR count). The van der Waals surface area contributed by atoms with E-state index in [4.69, 9.17) is 4.74 Å². The minimum atomic E-state index is -0.662. The van der Waals surface area contributed by atoms with E-state index in [2.05, 4.69) is 27.8 Å². The zero-order chi connectivity index (χ0) is 26.3. The van der Waals surface area contributed by atoms with Crippen LogP contribution in [0.2, 0.25) is 0 Å². The Kier molecular flexibility index (Phi) is 7.78. The van der Waals surface area contributed by atoms with Gasteiger partial charge in [-0.05, 0) is 67.1 Å². The number of hydrogen-bond donors (Lipinski definition) is 1. The Hall–Kier alpha value is -4.46. The van der Waals surface area contributed by atoms with Gasteiger partial charge in [0.2, 0.25) is 11.8 Å². The Balaban J connectivity index is 1.48. The minimum absolute atomic E-state index is 0.0117. The second-order valence-electron chi connectivity index (χ2n) is 9.45. The summed E-state index contributed by atoms with van der Waals surface area (Å²) in [5.74, 6) is 0.299. The summed E-state index contributed by atoms with van der Waals surface area (Å²) >= 11 is 0. The first-order chi connectivity index (χ1) is 18.6. The van der Waals surface area contributed by atoms with Gasteiger partial charge in [0.05, 0.1) is 12.6 Å². The summed E-state index contributed by atoms with van der Waals surface area (Å²) in [7, 11) is 1.60. The summed E-state index contributed by atoms with van der Waals surface area (Å²) in [6, 6.07) is 23.9. The SMILES string of the molecule is COc1ccc(NC(=O)[C@H]([C@H]2CC=CCC2)N(Cc2ccccc2)C(=O)Cn2nnc3ccccc32)cc1. The molecule has 0 radical (unpaired) electrons. The monoisotopic (exact) mass is 509 g/mol. The van der Waals surface area contributed by atoms with Gasteiger partial charge in [-0.2, -0.15) is 0 Å². The summed E-state index contributed by atoms with van der Waals surface area (Å²) in [6.07, 6.45) is 6.67. The minimum Gasteiger partial charge on any atom is -0.497 e. The van der Waals surface area contributed by atoms with Crippen molar-refractivity contribution in [3.8, 4) is 5.75 Å². The first-order valence-electron chi connectivity index (χ1n) is 12.8. The normalized spacial score (nSPS) is 15.7. The van der Waals surface area contributed by atoms with Crippen LogP contribution in [0.5, 0.6) is 5.75 Å². The van der Waals surface area contributed by atoms with Gasteiger partial charge in [0.15, 0.2) is 0 Å². The molecule has 38 heavy (non-hydrogen) atoms. The van der Waals surface area contributed by atoms with E-state index in [0.717, 1.165) is 35.9 Å². The molecule has 8 nitrogen and oxygen atoms in total. The number of rotatable bonds is 9. The van der Waals surface area contributed by atoms with Gasteiger partial charge >= 0.3 is 0 Å². The number of anilines is 1. The van der Waals surface area contributed by atoms with E-state index in [1.54, 1.807) is 41.0 Å². The Bertz CT molecular complexity index is 1410. The topological polar surface area (TPSA) is 89.4 Å². The first kappa shape index (κ1) is 25.2. The molecule has 4 aromatic rings. The molecule has 1 aliphatic carbocycles. The molecular formula is C30H31N5O3. The summed E-state index contributed by atoms with van der Waals surface area (Å²) in [5.41, 5.74) is 3.11. The van der Waals surface area contributed by atoms with Crippen molar-refractivity contribution in [2.75, 3.05) is 12.4 Å². The van der Waals surface area contributed by atoms with Gasteiger partial charge in [-0.3, -0.25) is 9.59 Å². The zero-order valence-corrected chi connectivity index (χ0v) is 21.4. The third-order valence-electron chi connectivity index (χ3n) is 6.94. The molecular weight excluding hydrogens is 478 g/mol. The fraction of sp³-hybridized carbons (Fsp3) is 0.267. The molecule has 0 aliphatic heterocycles. The maximum Gasteiger partial charge on any atom is 0.247 e. The summed E-state index contributed by atoms with van der Waals surface area (Å²) in [5, 5.41) is 11.5. The lowest BCUT2D eigenvalue weighted by atomic mass is 9.85. The molecule has 1 aromatic heterocycles. The van der Waals surface area contributed by atoms with Crippen LogP contribution in [0.3, 0.4) is 0 Å². The van der Waals surface area contributed by atoms with E-state index < -0.39 is 6.04 Å². The van der Waals surface area contributed by atoms with E-state index in [1.165, 1.54) is 0 Å². The molecule has 1 aliphatic rings. The van der Waals surface area contributed by atoms with Gasteiger partial charge in [-0.25, -0.2) is 4.68 Å².